The molecule has 0 spiro atoms. The van der Waals surface area contributed by atoms with Crippen molar-refractivity contribution in [3.8, 4) is 0 Å². The third-order valence-electron chi connectivity index (χ3n) is 3.78. The zero-order valence-corrected chi connectivity index (χ0v) is 12.3. The molecule has 0 atom stereocenters. The standard InChI is InChI=1S/C15H22FN3O/c1-15(2,12-4-6-13(16)7-5-12)17-14(20)19-10-8-18(3)9-11-19/h4-7H,8-11H2,1-3H3,(H,17,20). The van der Waals surface area contributed by atoms with Crippen LogP contribution in [0.3, 0.4) is 0 Å². The molecule has 2 amide bonds. The summed E-state index contributed by atoms with van der Waals surface area (Å²) in [5.41, 5.74) is 0.370. The molecule has 1 aromatic carbocycles. The minimum Gasteiger partial charge on any atom is -0.329 e. The van der Waals surface area contributed by atoms with Crippen LogP contribution in [0.1, 0.15) is 19.4 Å². The summed E-state index contributed by atoms with van der Waals surface area (Å²) in [4.78, 5) is 16.3. The third kappa shape index (κ3) is 3.48. The summed E-state index contributed by atoms with van der Waals surface area (Å²) < 4.78 is 13.0. The molecule has 0 saturated carbocycles. The van der Waals surface area contributed by atoms with E-state index in [1.165, 1.54) is 12.1 Å². The van der Waals surface area contributed by atoms with Gasteiger partial charge < -0.3 is 15.1 Å². The van der Waals surface area contributed by atoms with Gasteiger partial charge in [-0.25, -0.2) is 9.18 Å². The number of nitrogens with one attached hydrogen (secondary N) is 1. The molecule has 1 heterocycles. The number of urea groups is 1. The van der Waals surface area contributed by atoms with Gasteiger partial charge in [0.1, 0.15) is 5.82 Å². The van der Waals surface area contributed by atoms with Gasteiger partial charge in [0.25, 0.3) is 0 Å². The number of benzene rings is 1. The van der Waals surface area contributed by atoms with Crippen LogP contribution in [-0.4, -0.2) is 49.1 Å². The van der Waals surface area contributed by atoms with E-state index in [0.29, 0.717) is 0 Å². The molecular formula is C15H22FN3O. The first kappa shape index (κ1) is 14.8. The second-order valence-electron chi connectivity index (χ2n) is 5.85. The van der Waals surface area contributed by atoms with Crippen molar-refractivity contribution in [1.29, 1.82) is 0 Å². The van der Waals surface area contributed by atoms with Gasteiger partial charge in [0.15, 0.2) is 0 Å². The Hall–Kier alpha value is -1.62. The minimum atomic E-state index is -0.520. The summed E-state index contributed by atoms with van der Waals surface area (Å²) in [7, 11) is 2.05. The summed E-state index contributed by atoms with van der Waals surface area (Å²) in [6.07, 6.45) is 0. The molecule has 0 aliphatic carbocycles. The van der Waals surface area contributed by atoms with Crippen LogP contribution in [0, 0.1) is 5.82 Å². The molecule has 0 radical (unpaired) electrons. The summed E-state index contributed by atoms with van der Waals surface area (Å²) in [5, 5.41) is 3.02. The second-order valence-corrected chi connectivity index (χ2v) is 5.85. The number of rotatable bonds is 2. The largest absolute Gasteiger partial charge is 0.329 e. The lowest BCUT2D eigenvalue weighted by molar-refractivity contribution is 0.147. The van der Waals surface area contributed by atoms with Crippen LogP contribution < -0.4 is 5.32 Å². The lowest BCUT2D eigenvalue weighted by atomic mass is 9.94. The molecule has 4 nitrogen and oxygen atoms in total. The molecule has 5 heteroatoms. The molecule has 1 aliphatic heterocycles. The number of likely N-dealkylation sites (N-methyl/N-ethyl adjacent to an activating group) is 1. The monoisotopic (exact) mass is 279 g/mol. The van der Waals surface area contributed by atoms with Crippen molar-refractivity contribution in [2.75, 3.05) is 33.2 Å². The number of halogens is 1. The maximum absolute atomic E-state index is 13.0. The van der Waals surface area contributed by atoms with Gasteiger partial charge in [-0.3, -0.25) is 0 Å². The van der Waals surface area contributed by atoms with Crippen molar-refractivity contribution in [3.63, 3.8) is 0 Å². The van der Waals surface area contributed by atoms with E-state index in [0.717, 1.165) is 31.7 Å². The maximum atomic E-state index is 13.0. The van der Waals surface area contributed by atoms with Gasteiger partial charge in [0, 0.05) is 26.2 Å². The first-order valence-corrected chi connectivity index (χ1v) is 6.90. The molecule has 0 aromatic heterocycles. The molecule has 2 rings (SSSR count). The Labute approximate surface area is 119 Å². The number of hydrogen-bond acceptors (Lipinski definition) is 2. The lowest BCUT2D eigenvalue weighted by Crippen LogP contribution is -2.54. The van der Waals surface area contributed by atoms with Crippen molar-refractivity contribution in [2.45, 2.75) is 19.4 Å². The Bertz CT molecular complexity index is 465. The van der Waals surface area contributed by atoms with Gasteiger partial charge in [-0.1, -0.05) is 12.1 Å². The molecule has 0 unspecified atom stereocenters. The van der Waals surface area contributed by atoms with E-state index in [1.54, 1.807) is 12.1 Å². The fourth-order valence-electron chi connectivity index (χ4n) is 2.29. The normalized spacial score (nSPS) is 17.1. The average molecular weight is 279 g/mol. The van der Waals surface area contributed by atoms with Crippen molar-refractivity contribution < 1.29 is 9.18 Å². The fourth-order valence-corrected chi connectivity index (χ4v) is 2.29. The summed E-state index contributed by atoms with van der Waals surface area (Å²) in [6, 6.07) is 6.18. The lowest BCUT2D eigenvalue weighted by Gasteiger charge is -2.35. The van der Waals surface area contributed by atoms with E-state index >= 15 is 0 Å². The van der Waals surface area contributed by atoms with Crippen molar-refractivity contribution in [1.82, 2.24) is 15.1 Å². The molecular weight excluding hydrogens is 257 g/mol. The van der Waals surface area contributed by atoms with E-state index < -0.39 is 5.54 Å². The zero-order valence-electron chi connectivity index (χ0n) is 12.3. The number of carbonyl (C=O) groups excluding carboxylic acids is 1. The van der Waals surface area contributed by atoms with Gasteiger partial charge in [0.2, 0.25) is 0 Å². The molecule has 1 fully saturated rings. The fraction of sp³-hybridized carbons (Fsp3) is 0.533. The van der Waals surface area contributed by atoms with E-state index in [4.69, 9.17) is 0 Å². The van der Waals surface area contributed by atoms with Crippen LogP contribution in [0.5, 0.6) is 0 Å². The highest BCUT2D eigenvalue weighted by atomic mass is 19.1. The zero-order chi connectivity index (χ0) is 14.8. The van der Waals surface area contributed by atoms with Crippen LogP contribution in [0.15, 0.2) is 24.3 Å². The van der Waals surface area contributed by atoms with Crippen LogP contribution in [0.4, 0.5) is 9.18 Å². The van der Waals surface area contributed by atoms with Crippen LogP contribution in [0.2, 0.25) is 0 Å². The number of nitrogens with zero attached hydrogens (tertiary/aromatic N) is 2. The Morgan fingerprint density at radius 2 is 1.70 bits per heavy atom. The number of piperazine rings is 1. The van der Waals surface area contributed by atoms with Gasteiger partial charge in [-0.05, 0) is 38.6 Å². The van der Waals surface area contributed by atoms with Crippen LogP contribution >= 0.6 is 0 Å². The highest BCUT2D eigenvalue weighted by Gasteiger charge is 2.27. The predicted molar refractivity (Wildman–Crippen MR) is 77.0 cm³/mol. The Morgan fingerprint density at radius 3 is 2.25 bits per heavy atom. The summed E-state index contributed by atoms with van der Waals surface area (Å²) >= 11 is 0. The molecule has 1 N–H and O–H groups in total. The molecule has 0 bridgehead atoms. The maximum Gasteiger partial charge on any atom is 0.318 e. The first-order chi connectivity index (χ1) is 9.38. The first-order valence-electron chi connectivity index (χ1n) is 6.90. The highest BCUT2D eigenvalue weighted by Crippen LogP contribution is 2.20. The number of hydrogen-bond donors (Lipinski definition) is 1. The number of amides is 2. The molecule has 110 valence electrons. The predicted octanol–water partition coefficient (Wildman–Crippen LogP) is 2.02. The quantitative estimate of drug-likeness (QED) is 0.899. The van der Waals surface area contributed by atoms with Crippen LogP contribution in [0.25, 0.3) is 0 Å². The van der Waals surface area contributed by atoms with E-state index in [1.807, 2.05) is 18.7 Å². The smallest absolute Gasteiger partial charge is 0.318 e. The van der Waals surface area contributed by atoms with Gasteiger partial charge in [-0.2, -0.15) is 0 Å². The van der Waals surface area contributed by atoms with Crippen molar-refractivity contribution in [3.05, 3.63) is 35.6 Å². The molecule has 20 heavy (non-hydrogen) atoms. The SMILES string of the molecule is CN1CCN(C(=O)NC(C)(C)c2ccc(F)cc2)CC1. The molecule has 1 aromatic rings. The number of carbonyl (C=O) groups is 1. The van der Waals surface area contributed by atoms with E-state index in [2.05, 4.69) is 17.3 Å². The van der Waals surface area contributed by atoms with Gasteiger partial charge in [0.05, 0.1) is 5.54 Å². The minimum absolute atomic E-state index is 0.0626. The van der Waals surface area contributed by atoms with Gasteiger partial charge in [-0.15, -0.1) is 0 Å². The topological polar surface area (TPSA) is 35.6 Å². The highest BCUT2D eigenvalue weighted by molar-refractivity contribution is 5.75. The third-order valence-corrected chi connectivity index (χ3v) is 3.78. The van der Waals surface area contributed by atoms with E-state index in [9.17, 15) is 9.18 Å². The Kier molecular flexibility index (Phi) is 4.28. The van der Waals surface area contributed by atoms with Gasteiger partial charge >= 0.3 is 6.03 Å². The summed E-state index contributed by atoms with van der Waals surface area (Å²) in [5.74, 6) is -0.269. The molecule has 1 saturated heterocycles. The Morgan fingerprint density at radius 1 is 1.15 bits per heavy atom. The average Bonchev–Trinajstić information content (AvgIpc) is 2.39. The molecule has 1 aliphatic rings. The summed E-state index contributed by atoms with van der Waals surface area (Å²) in [6.45, 7) is 7.11. The van der Waals surface area contributed by atoms with Crippen molar-refractivity contribution in [2.24, 2.45) is 0 Å². The van der Waals surface area contributed by atoms with E-state index in [-0.39, 0.29) is 11.8 Å². The van der Waals surface area contributed by atoms with Crippen molar-refractivity contribution >= 4 is 6.03 Å². The van der Waals surface area contributed by atoms with Crippen LogP contribution in [-0.2, 0) is 5.54 Å². The second kappa shape index (κ2) is 5.79. The Balaban J connectivity index is 2.00.